The second-order valence-electron chi connectivity index (χ2n) is 6.28. The third-order valence-electron chi connectivity index (χ3n) is 4.78. The second kappa shape index (κ2) is 7.47. The number of carbonyl (C=O) groups is 1. The Morgan fingerprint density at radius 2 is 2.21 bits per heavy atom. The molecule has 0 unspecified atom stereocenters. The minimum Gasteiger partial charge on any atom is -0.373 e. The van der Waals surface area contributed by atoms with E-state index < -0.39 is 0 Å². The molecule has 1 saturated heterocycles. The maximum atomic E-state index is 13.0. The number of aromatic nitrogens is 3. The van der Waals surface area contributed by atoms with Gasteiger partial charge in [-0.25, -0.2) is 9.97 Å². The first-order valence-corrected chi connectivity index (χ1v) is 8.61. The monoisotopic (exact) mass is 327 g/mol. The fourth-order valence-electron chi connectivity index (χ4n) is 3.36. The van der Waals surface area contributed by atoms with Gasteiger partial charge in [-0.15, -0.1) is 0 Å². The number of imidazole rings is 1. The highest BCUT2D eigenvalue weighted by Gasteiger charge is 2.27. The lowest BCUT2D eigenvalue weighted by atomic mass is 9.98. The van der Waals surface area contributed by atoms with Crippen molar-refractivity contribution in [2.45, 2.75) is 45.2 Å². The van der Waals surface area contributed by atoms with Crippen molar-refractivity contribution >= 4 is 11.7 Å². The van der Waals surface area contributed by atoms with Crippen LogP contribution in [-0.4, -0.2) is 45.0 Å². The molecular formula is C18H25N5O. The van der Waals surface area contributed by atoms with Gasteiger partial charge in [0.15, 0.2) is 0 Å². The van der Waals surface area contributed by atoms with Gasteiger partial charge in [0.25, 0.3) is 5.91 Å². The Morgan fingerprint density at radius 3 is 2.96 bits per heavy atom. The molecule has 6 nitrogen and oxygen atoms in total. The Bertz CT molecular complexity index is 696. The smallest absolute Gasteiger partial charge is 0.254 e. The molecule has 3 heterocycles. The SMILES string of the molecule is CNc1cc(C(=O)N2CCCC[C@H]2CCn2ccnc2C)ccn1. The third kappa shape index (κ3) is 3.58. The van der Waals surface area contributed by atoms with E-state index in [-0.39, 0.29) is 5.91 Å². The van der Waals surface area contributed by atoms with Crippen molar-refractivity contribution in [3.63, 3.8) is 0 Å². The highest BCUT2D eigenvalue weighted by molar-refractivity contribution is 5.95. The van der Waals surface area contributed by atoms with Gasteiger partial charge >= 0.3 is 0 Å². The fraction of sp³-hybridized carbons (Fsp3) is 0.500. The zero-order valence-corrected chi connectivity index (χ0v) is 14.4. The number of likely N-dealkylation sites (tertiary alicyclic amines) is 1. The molecule has 1 atom stereocenters. The molecule has 2 aromatic rings. The van der Waals surface area contributed by atoms with E-state index in [0.717, 1.165) is 44.0 Å². The van der Waals surface area contributed by atoms with Gasteiger partial charge in [-0.1, -0.05) is 0 Å². The number of aryl methyl sites for hydroxylation is 2. The molecule has 0 spiro atoms. The summed E-state index contributed by atoms with van der Waals surface area (Å²) in [5, 5.41) is 2.99. The van der Waals surface area contributed by atoms with Crippen LogP contribution in [-0.2, 0) is 6.54 Å². The average Bonchev–Trinajstić information content (AvgIpc) is 3.04. The fourth-order valence-corrected chi connectivity index (χ4v) is 3.36. The molecular weight excluding hydrogens is 302 g/mol. The van der Waals surface area contributed by atoms with E-state index in [0.29, 0.717) is 11.6 Å². The molecule has 128 valence electrons. The lowest BCUT2D eigenvalue weighted by Crippen LogP contribution is -2.44. The normalized spacial score (nSPS) is 17.8. The van der Waals surface area contributed by atoms with E-state index in [1.807, 2.05) is 37.3 Å². The number of rotatable bonds is 5. The summed E-state index contributed by atoms with van der Waals surface area (Å²) < 4.78 is 2.16. The Labute approximate surface area is 142 Å². The van der Waals surface area contributed by atoms with Crippen molar-refractivity contribution in [3.05, 3.63) is 42.1 Å². The number of nitrogens with one attached hydrogen (secondary N) is 1. The number of piperidine rings is 1. The molecule has 0 aliphatic carbocycles. The lowest BCUT2D eigenvalue weighted by Gasteiger charge is -2.36. The summed E-state index contributed by atoms with van der Waals surface area (Å²) in [6.07, 6.45) is 9.83. The predicted octanol–water partition coefficient (Wildman–Crippen LogP) is 2.71. The van der Waals surface area contributed by atoms with Crippen molar-refractivity contribution in [2.24, 2.45) is 0 Å². The topological polar surface area (TPSA) is 63.1 Å². The summed E-state index contributed by atoms with van der Waals surface area (Å²) in [4.78, 5) is 23.5. The van der Waals surface area contributed by atoms with Crippen molar-refractivity contribution in [1.82, 2.24) is 19.4 Å². The lowest BCUT2D eigenvalue weighted by molar-refractivity contribution is 0.0595. The van der Waals surface area contributed by atoms with Crippen LogP contribution in [0.25, 0.3) is 0 Å². The van der Waals surface area contributed by atoms with Crippen LogP contribution in [0.15, 0.2) is 30.7 Å². The van der Waals surface area contributed by atoms with E-state index in [4.69, 9.17) is 0 Å². The largest absolute Gasteiger partial charge is 0.373 e. The molecule has 0 aromatic carbocycles. The van der Waals surface area contributed by atoms with Gasteiger partial charge < -0.3 is 14.8 Å². The van der Waals surface area contributed by atoms with Crippen molar-refractivity contribution in [3.8, 4) is 0 Å². The minimum atomic E-state index is 0.112. The summed E-state index contributed by atoms with van der Waals surface area (Å²) >= 11 is 0. The first-order valence-electron chi connectivity index (χ1n) is 8.61. The summed E-state index contributed by atoms with van der Waals surface area (Å²) in [5.74, 6) is 1.86. The zero-order chi connectivity index (χ0) is 16.9. The maximum absolute atomic E-state index is 13.0. The molecule has 1 amide bonds. The predicted molar refractivity (Wildman–Crippen MR) is 94.0 cm³/mol. The van der Waals surface area contributed by atoms with Gasteiger partial charge in [-0.2, -0.15) is 0 Å². The number of amides is 1. The molecule has 1 aliphatic rings. The Kier molecular flexibility index (Phi) is 5.13. The van der Waals surface area contributed by atoms with E-state index in [1.54, 1.807) is 12.3 Å². The van der Waals surface area contributed by atoms with Gasteiger partial charge in [0, 0.05) is 50.3 Å². The zero-order valence-electron chi connectivity index (χ0n) is 14.4. The number of nitrogens with zero attached hydrogens (tertiary/aromatic N) is 4. The molecule has 3 rings (SSSR count). The second-order valence-corrected chi connectivity index (χ2v) is 6.28. The molecule has 1 aliphatic heterocycles. The molecule has 24 heavy (non-hydrogen) atoms. The Balaban J connectivity index is 1.71. The van der Waals surface area contributed by atoms with Crippen LogP contribution in [0, 0.1) is 6.92 Å². The number of hydrogen-bond acceptors (Lipinski definition) is 4. The van der Waals surface area contributed by atoms with Crippen LogP contribution in [0.2, 0.25) is 0 Å². The minimum absolute atomic E-state index is 0.112. The molecule has 2 aromatic heterocycles. The van der Waals surface area contributed by atoms with E-state index in [1.165, 1.54) is 6.42 Å². The standard InChI is InChI=1S/C18H25N5O/c1-14-20-9-12-22(14)11-7-16-5-3-4-10-23(16)18(24)15-6-8-21-17(13-15)19-2/h6,8-9,12-13,16H,3-5,7,10-11H2,1-2H3,(H,19,21)/t16-/m0/s1. The van der Waals surface area contributed by atoms with Crippen molar-refractivity contribution < 1.29 is 4.79 Å². The molecule has 1 fully saturated rings. The first-order chi connectivity index (χ1) is 11.7. The summed E-state index contributed by atoms with van der Waals surface area (Å²) in [6, 6.07) is 3.92. The number of pyridine rings is 1. The molecule has 0 radical (unpaired) electrons. The van der Waals surface area contributed by atoms with Crippen LogP contribution in [0.1, 0.15) is 41.9 Å². The first kappa shape index (κ1) is 16.5. The van der Waals surface area contributed by atoms with Crippen LogP contribution in [0.4, 0.5) is 5.82 Å². The third-order valence-corrected chi connectivity index (χ3v) is 4.78. The van der Waals surface area contributed by atoms with Crippen molar-refractivity contribution in [2.75, 3.05) is 18.9 Å². The number of hydrogen-bond donors (Lipinski definition) is 1. The van der Waals surface area contributed by atoms with Crippen LogP contribution >= 0.6 is 0 Å². The molecule has 6 heteroatoms. The van der Waals surface area contributed by atoms with E-state index in [2.05, 4.69) is 19.9 Å². The summed E-state index contributed by atoms with van der Waals surface area (Å²) in [5.41, 5.74) is 0.708. The summed E-state index contributed by atoms with van der Waals surface area (Å²) in [6.45, 7) is 3.75. The van der Waals surface area contributed by atoms with Gasteiger partial charge in [-0.05, 0) is 44.7 Å². The van der Waals surface area contributed by atoms with Gasteiger partial charge in [0.05, 0.1) is 0 Å². The summed E-state index contributed by atoms with van der Waals surface area (Å²) in [7, 11) is 1.81. The van der Waals surface area contributed by atoms with Gasteiger partial charge in [-0.3, -0.25) is 4.79 Å². The van der Waals surface area contributed by atoms with Crippen LogP contribution in [0.3, 0.4) is 0 Å². The maximum Gasteiger partial charge on any atom is 0.254 e. The molecule has 0 saturated carbocycles. The van der Waals surface area contributed by atoms with E-state index in [9.17, 15) is 4.79 Å². The molecule has 0 bridgehead atoms. The number of carbonyl (C=O) groups excluding carboxylic acids is 1. The van der Waals surface area contributed by atoms with Crippen molar-refractivity contribution in [1.29, 1.82) is 0 Å². The number of anilines is 1. The van der Waals surface area contributed by atoms with E-state index >= 15 is 0 Å². The van der Waals surface area contributed by atoms with Crippen LogP contribution < -0.4 is 5.32 Å². The van der Waals surface area contributed by atoms with Crippen LogP contribution in [0.5, 0.6) is 0 Å². The average molecular weight is 327 g/mol. The van der Waals surface area contributed by atoms with Gasteiger partial charge in [0.2, 0.25) is 0 Å². The highest BCUT2D eigenvalue weighted by Crippen LogP contribution is 2.23. The highest BCUT2D eigenvalue weighted by atomic mass is 16.2. The quantitative estimate of drug-likeness (QED) is 0.917. The Morgan fingerprint density at radius 1 is 1.33 bits per heavy atom. The Hall–Kier alpha value is -2.37. The molecule has 1 N–H and O–H groups in total. The van der Waals surface area contributed by atoms with Gasteiger partial charge in [0.1, 0.15) is 11.6 Å².